The molecule has 1 aliphatic rings. The SMILES string of the molecule is CCOc1ccc(NC(=S)N2CCN(Cc3cccc4ccccc34)CC2)cc1. The van der Waals surface area contributed by atoms with E-state index in [4.69, 9.17) is 17.0 Å². The van der Waals surface area contributed by atoms with Crippen molar-refractivity contribution in [2.75, 3.05) is 38.1 Å². The van der Waals surface area contributed by atoms with Crippen molar-refractivity contribution in [1.29, 1.82) is 0 Å². The second kappa shape index (κ2) is 9.25. The Bertz CT molecular complexity index is 960. The van der Waals surface area contributed by atoms with Crippen LogP contribution in [0.5, 0.6) is 5.75 Å². The van der Waals surface area contributed by atoms with Crippen molar-refractivity contribution in [3.05, 3.63) is 72.3 Å². The summed E-state index contributed by atoms with van der Waals surface area (Å²) < 4.78 is 5.49. The average molecular weight is 406 g/mol. The maximum atomic E-state index is 5.64. The molecule has 150 valence electrons. The van der Waals surface area contributed by atoms with Gasteiger partial charge in [0, 0.05) is 38.4 Å². The number of thiocarbonyl (C=S) groups is 1. The third-order valence-electron chi connectivity index (χ3n) is 5.35. The van der Waals surface area contributed by atoms with E-state index >= 15 is 0 Å². The van der Waals surface area contributed by atoms with Crippen LogP contribution < -0.4 is 10.1 Å². The van der Waals surface area contributed by atoms with Gasteiger partial charge in [-0.25, -0.2) is 0 Å². The van der Waals surface area contributed by atoms with Crippen molar-refractivity contribution < 1.29 is 4.74 Å². The number of anilines is 1. The predicted molar refractivity (Wildman–Crippen MR) is 125 cm³/mol. The minimum absolute atomic E-state index is 0.675. The Morgan fingerprint density at radius 2 is 1.66 bits per heavy atom. The molecule has 0 aromatic heterocycles. The number of piperazine rings is 1. The predicted octanol–water partition coefficient (Wildman–Crippen LogP) is 4.75. The van der Waals surface area contributed by atoms with Crippen LogP contribution in [0.15, 0.2) is 66.7 Å². The molecule has 0 bridgehead atoms. The largest absolute Gasteiger partial charge is 0.494 e. The first-order valence-electron chi connectivity index (χ1n) is 10.2. The van der Waals surface area contributed by atoms with Crippen molar-refractivity contribution >= 4 is 33.8 Å². The number of hydrogen-bond donors (Lipinski definition) is 1. The first-order chi connectivity index (χ1) is 14.2. The highest BCUT2D eigenvalue weighted by Gasteiger charge is 2.19. The molecule has 0 saturated carbocycles. The molecule has 0 spiro atoms. The molecule has 0 atom stereocenters. The van der Waals surface area contributed by atoms with Gasteiger partial charge in [0.25, 0.3) is 0 Å². The summed E-state index contributed by atoms with van der Waals surface area (Å²) in [5, 5.41) is 6.81. The van der Waals surface area contributed by atoms with Gasteiger partial charge in [0.15, 0.2) is 5.11 Å². The number of nitrogens with one attached hydrogen (secondary N) is 1. The van der Waals surface area contributed by atoms with Crippen LogP contribution in [0.3, 0.4) is 0 Å². The summed E-state index contributed by atoms with van der Waals surface area (Å²) in [6.07, 6.45) is 0. The number of hydrogen-bond acceptors (Lipinski definition) is 3. The van der Waals surface area contributed by atoms with Gasteiger partial charge in [0.2, 0.25) is 0 Å². The Hall–Kier alpha value is -2.63. The quantitative estimate of drug-likeness (QED) is 0.618. The first kappa shape index (κ1) is 19.7. The molecule has 0 aliphatic carbocycles. The fourth-order valence-electron chi connectivity index (χ4n) is 3.78. The number of nitrogens with zero attached hydrogens (tertiary/aromatic N) is 2. The first-order valence-corrected chi connectivity index (χ1v) is 10.6. The fourth-order valence-corrected chi connectivity index (χ4v) is 4.08. The number of ether oxygens (including phenoxy) is 1. The van der Waals surface area contributed by atoms with E-state index in [1.807, 2.05) is 31.2 Å². The van der Waals surface area contributed by atoms with Crippen molar-refractivity contribution in [2.24, 2.45) is 0 Å². The monoisotopic (exact) mass is 405 g/mol. The zero-order valence-corrected chi connectivity index (χ0v) is 17.6. The summed E-state index contributed by atoms with van der Waals surface area (Å²) in [6.45, 7) is 7.54. The van der Waals surface area contributed by atoms with Gasteiger partial charge in [0.05, 0.1) is 6.61 Å². The molecule has 0 amide bonds. The molecule has 1 saturated heterocycles. The molecule has 1 aliphatic heterocycles. The van der Waals surface area contributed by atoms with Crippen LogP contribution >= 0.6 is 12.2 Å². The van der Waals surface area contributed by atoms with E-state index < -0.39 is 0 Å². The standard InChI is InChI=1S/C24H27N3OS/c1-2-28-22-12-10-21(11-13-22)25-24(29)27-16-14-26(15-17-27)18-20-8-5-7-19-6-3-4-9-23(19)20/h3-13H,2,14-18H2,1H3,(H,25,29). The van der Waals surface area contributed by atoms with Crippen molar-refractivity contribution in [3.63, 3.8) is 0 Å². The van der Waals surface area contributed by atoms with E-state index in [2.05, 4.69) is 57.6 Å². The Morgan fingerprint density at radius 1 is 0.931 bits per heavy atom. The second-order valence-corrected chi connectivity index (χ2v) is 7.68. The summed E-state index contributed by atoms with van der Waals surface area (Å²) in [5.41, 5.74) is 2.39. The Balaban J connectivity index is 1.31. The van der Waals surface area contributed by atoms with Crippen LogP contribution in [0.1, 0.15) is 12.5 Å². The van der Waals surface area contributed by atoms with Gasteiger partial charge in [0.1, 0.15) is 5.75 Å². The van der Waals surface area contributed by atoms with Crippen molar-refractivity contribution in [2.45, 2.75) is 13.5 Å². The summed E-state index contributed by atoms with van der Waals surface area (Å²) in [5.74, 6) is 0.881. The van der Waals surface area contributed by atoms with E-state index in [1.54, 1.807) is 0 Å². The molecular formula is C24H27N3OS. The van der Waals surface area contributed by atoms with Crippen LogP contribution in [-0.2, 0) is 6.54 Å². The van der Waals surface area contributed by atoms with E-state index in [0.29, 0.717) is 6.61 Å². The fraction of sp³-hybridized carbons (Fsp3) is 0.292. The summed E-state index contributed by atoms with van der Waals surface area (Å²) >= 11 is 5.64. The van der Waals surface area contributed by atoms with Crippen LogP contribution in [-0.4, -0.2) is 47.7 Å². The third kappa shape index (κ3) is 4.86. The summed E-state index contributed by atoms with van der Waals surface area (Å²) in [6, 6.07) is 23.2. The highest BCUT2D eigenvalue weighted by atomic mass is 32.1. The molecular weight excluding hydrogens is 378 g/mol. The van der Waals surface area contributed by atoms with Crippen molar-refractivity contribution in [3.8, 4) is 5.75 Å². The molecule has 1 fully saturated rings. The minimum Gasteiger partial charge on any atom is -0.494 e. The number of rotatable bonds is 5. The smallest absolute Gasteiger partial charge is 0.173 e. The lowest BCUT2D eigenvalue weighted by Crippen LogP contribution is -2.49. The highest BCUT2D eigenvalue weighted by Crippen LogP contribution is 2.21. The third-order valence-corrected chi connectivity index (χ3v) is 5.71. The van der Waals surface area contributed by atoms with Gasteiger partial charge in [-0.05, 0) is 59.7 Å². The molecule has 5 heteroatoms. The molecule has 1 N–H and O–H groups in total. The second-order valence-electron chi connectivity index (χ2n) is 7.29. The summed E-state index contributed by atoms with van der Waals surface area (Å²) in [4.78, 5) is 4.77. The van der Waals surface area contributed by atoms with Gasteiger partial charge >= 0.3 is 0 Å². The van der Waals surface area contributed by atoms with Crippen LogP contribution in [0.4, 0.5) is 5.69 Å². The molecule has 0 radical (unpaired) electrons. The molecule has 1 heterocycles. The lowest BCUT2D eigenvalue weighted by Gasteiger charge is -2.36. The van der Waals surface area contributed by atoms with Gasteiger partial charge in [-0.2, -0.15) is 0 Å². The lowest BCUT2D eigenvalue weighted by atomic mass is 10.0. The molecule has 29 heavy (non-hydrogen) atoms. The topological polar surface area (TPSA) is 27.7 Å². The molecule has 4 rings (SSSR count). The Kier molecular flexibility index (Phi) is 6.27. The van der Waals surface area contributed by atoms with E-state index in [0.717, 1.165) is 49.3 Å². The Labute approximate surface area is 178 Å². The van der Waals surface area contributed by atoms with Crippen molar-refractivity contribution in [1.82, 2.24) is 9.80 Å². The van der Waals surface area contributed by atoms with E-state index in [1.165, 1.54) is 16.3 Å². The van der Waals surface area contributed by atoms with Gasteiger partial charge in [-0.1, -0.05) is 42.5 Å². The number of fused-ring (bicyclic) bond motifs is 1. The average Bonchev–Trinajstić information content (AvgIpc) is 2.76. The number of benzene rings is 3. The van der Waals surface area contributed by atoms with Gasteiger partial charge in [-0.15, -0.1) is 0 Å². The van der Waals surface area contributed by atoms with Crippen LogP contribution in [0.2, 0.25) is 0 Å². The highest BCUT2D eigenvalue weighted by molar-refractivity contribution is 7.80. The van der Waals surface area contributed by atoms with Gasteiger partial charge in [-0.3, -0.25) is 4.90 Å². The summed E-state index contributed by atoms with van der Waals surface area (Å²) in [7, 11) is 0. The zero-order valence-electron chi connectivity index (χ0n) is 16.8. The normalized spacial score (nSPS) is 14.7. The maximum Gasteiger partial charge on any atom is 0.173 e. The molecule has 3 aromatic rings. The van der Waals surface area contributed by atoms with Crippen LogP contribution in [0.25, 0.3) is 10.8 Å². The van der Waals surface area contributed by atoms with Crippen LogP contribution in [0, 0.1) is 0 Å². The minimum atomic E-state index is 0.675. The van der Waals surface area contributed by atoms with E-state index in [9.17, 15) is 0 Å². The molecule has 0 unspecified atom stereocenters. The van der Waals surface area contributed by atoms with Gasteiger partial charge < -0.3 is 15.0 Å². The molecule has 4 nitrogen and oxygen atoms in total. The lowest BCUT2D eigenvalue weighted by molar-refractivity contribution is 0.177. The molecule has 3 aromatic carbocycles. The Morgan fingerprint density at radius 3 is 2.41 bits per heavy atom. The maximum absolute atomic E-state index is 5.64. The zero-order chi connectivity index (χ0) is 20.1. The van der Waals surface area contributed by atoms with E-state index in [-0.39, 0.29) is 0 Å².